The molecule has 0 radical (unpaired) electrons. The normalized spacial score (nSPS) is 10.6. The number of primary amides is 1. The number of amidine groups is 1. The van der Waals surface area contributed by atoms with Crippen molar-refractivity contribution >= 4 is 29.0 Å². The van der Waals surface area contributed by atoms with E-state index in [1.165, 1.54) is 5.56 Å². The number of nitrogens with zero attached hydrogens (tertiary/aromatic N) is 1. The molecule has 8 heteroatoms. The lowest BCUT2D eigenvalue weighted by molar-refractivity contribution is -0.120. The summed E-state index contributed by atoms with van der Waals surface area (Å²) in [5.41, 5.74) is 14.9. The second kappa shape index (κ2) is 11.7. The van der Waals surface area contributed by atoms with Crippen molar-refractivity contribution in [2.24, 2.45) is 11.5 Å². The van der Waals surface area contributed by atoms with Crippen molar-refractivity contribution in [3.8, 4) is 5.75 Å². The molecule has 0 aromatic heterocycles. The zero-order chi connectivity index (χ0) is 25.4. The van der Waals surface area contributed by atoms with Crippen molar-refractivity contribution in [1.82, 2.24) is 0 Å². The molecule has 0 aliphatic heterocycles. The van der Waals surface area contributed by atoms with Crippen molar-refractivity contribution in [3.05, 3.63) is 89.5 Å². The number of benzene rings is 3. The standard InChI is InChI=1S/C27H31N5O3/c1-18(2)20-9-11-22(12-10-20)31-26(34)16-32(23-7-4-6-21(14-23)27(29)30)15-19-5-3-8-24(13-19)35-17-25(28)33/h3-14,18H,15-17H2,1-2H3,(H2,28,33)(H3,29,30)(H,31,34). The van der Waals surface area contributed by atoms with Gasteiger partial charge in [-0.05, 0) is 53.4 Å². The second-order valence-corrected chi connectivity index (χ2v) is 8.55. The fourth-order valence-corrected chi connectivity index (χ4v) is 3.54. The molecule has 0 fully saturated rings. The Balaban J connectivity index is 1.81. The molecule has 0 atom stereocenters. The minimum Gasteiger partial charge on any atom is -0.484 e. The van der Waals surface area contributed by atoms with Crippen molar-refractivity contribution in [1.29, 1.82) is 5.41 Å². The van der Waals surface area contributed by atoms with E-state index in [0.717, 1.165) is 16.9 Å². The van der Waals surface area contributed by atoms with Gasteiger partial charge in [-0.15, -0.1) is 0 Å². The molecule has 35 heavy (non-hydrogen) atoms. The van der Waals surface area contributed by atoms with Crippen LogP contribution in [0.4, 0.5) is 11.4 Å². The van der Waals surface area contributed by atoms with Gasteiger partial charge in [0, 0.05) is 23.5 Å². The third-order valence-corrected chi connectivity index (χ3v) is 5.37. The highest BCUT2D eigenvalue weighted by atomic mass is 16.5. The van der Waals surface area contributed by atoms with Gasteiger partial charge in [0.25, 0.3) is 5.91 Å². The fourth-order valence-electron chi connectivity index (χ4n) is 3.54. The van der Waals surface area contributed by atoms with Crippen LogP contribution >= 0.6 is 0 Å². The number of carbonyl (C=O) groups excluding carboxylic acids is 2. The van der Waals surface area contributed by atoms with Crippen molar-refractivity contribution < 1.29 is 14.3 Å². The minimum atomic E-state index is -0.559. The molecule has 0 aliphatic rings. The van der Waals surface area contributed by atoms with Gasteiger partial charge in [0.2, 0.25) is 5.91 Å². The maximum Gasteiger partial charge on any atom is 0.255 e. The number of anilines is 2. The number of rotatable bonds is 11. The molecule has 0 spiro atoms. The van der Waals surface area contributed by atoms with Gasteiger partial charge in [-0.25, -0.2) is 0 Å². The molecule has 0 aliphatic carbocycles. The van der Waals surface area contributed by atoms with Crippen LogP contribution in [-0.2, 0) is 16.1 Å². The third kappa shape index (κ3) is 7.60. The van der Waals surface area contributed by atoms with E-state index in [1.54, 1.807) is 30.3 Å². The number of ether oxygens (including phenoxy) is 1. The SMILES string of the molecule is CC(C)c1ccc(NC(=O)CN(Cc2cccc(OCC(N)=O)c2)c2cccc(C(=N)N)c2)cc1. The van der Waals surface area contributed by atoms with E-state index in [4.69, 9.17) is 21.6 Å². The van der Waals surface area contributed by atoms with E-state index < -0.39 is 5.91 Å². The molecule has 3 rings (SSSR count). The average Bonchev–Trinajstić information content (AvgIpc) is 2.83. The Morgan fingerprint density at radius 2 is 1.71 bits per heavy atom. The number of hydrogen-bond donors (Lipinski definition) is 4. The highest BCUT2D eigenvalue weighted by Crippen LogP contribution is 2.22. The number of hydrogen-bond acceptors (Lipinski definition) is 5. The molecular weight excluding hydrogens is 442 g/mol. The maximum absolute atomic E-state index is 13.0. The zero-order valence-electron chi connectivity index (χ0n) is 20.0. The summed E-state index contributed by atoms with van der Waals surface area (Å²) in [6.45, 7) is 4.48. The summed E-state index contributed by atoms with van der Waals surface area (Å²) < 4.78 is 5.42. The van der Waals surface area contributed by atoms with E-state index in [1.807, 2.05) is 47.4 Å². The van der Waals surface area contributed by atoms with E-state index >= 15 is 0 Å². The first-order valence-electron chi connectivity index (χ1n) is 11.3. The van der Waals surface area contributed by atoms with Gasteiger partial charge in [-0.3, -0.25) is 15.0 Å². The zero-order valence-corrected chi connectivity index (χ0v) is 20.0. The van der Waals surface area contributed by atoms with Crippen molar-refractivity contribution in [2.45, 2.75) is 26.3 Å². The third-order valence-electron chi connectivity index (χ3n) is 5.37. The number of amides is 2. The number of nitrogen functional groups attached to an aromatic ring is 1. The lowest BCUT2D eigenvalue weighted by Crippen LogP contribution is -2.33. The maximum atomic E-state index is 13.0. The topological polar surface area (TPSA) is 135 Å². The van der Waals surface area contributed by atoms with Crippen LogP contribution < -0.4 is 26.4 Å². The molecule has 0 heterocycles. The predicted molar refractivity (Wildman–Crippen MR) is 139 cm³/mol. The molecule has 6 N–H and O–H groups in total. The van der Waals surface area contributed by atoms with Crippen LogP contribution in [-0.4, -0.2) is 30.8 Å². The van der Waals surface area contributed by atoms with Gasteiger partial charge in [0.05, 0.1) is 6.54 Å². The highest BCUT2D eigenvalue weighted by Gasteiger charge is 2.15. The number of nitrogens with two attached hydrogens (primary N) is 2. The van der Waals surface area contributed by atoms with Gasteiger partial charge in [0.1, 0.15) is 11.6 Å². The van der Waals surface area contributed by atoms with Crippen molar-refractivity contribution in [2.75, 3.05) is 23.4 Å². The minimum absolute atomic E-state index is 0.0525. The summed E-state index contributed by atoms with van der Waals surface area (Å²) in [6.07, 6.45) is 0. The summed E-state index contributed by atoms with van der Waals surface area (Å²) in [6, 6.07) is 22.2. The molecule has 3 aromatic rings. The first kappa shape index (κ1) is 25.3. The predicted octanol–water partition coefficient (Wildman–Crippen LogP) is 3.60. The molecule has 0 saturated heterocycles. The van der Waals surface area contributed by atoms with Gasteiger partial charge < -0.3 is 26.4 Å². The lowest BCUT2D eigenvalue weighted by atomic mass is 10.0. The Morgan fingerprint density at radius 1 is 1.00 bits per heavy atom. The summed E-state index contributed by atoms with van der Waals surface area (Å²) in [7, 11) is 0. The molecule has 0 bridgehead atoms. The fraction of sp³-hybridized carbons (Fsp3) is 0.222. The van der Waals surface area contributed by atoms with Crippen LogP contribution in [0.25, 0.3) is 0 Å². The van der Waals surface area contributed by atoms with E-state index in [9.17, 15) is 9.59 Å². The van der Waals surface area contributed by atoms with Crippen LogP contribution in [0.3, 0.4) is 0 Å². The first-order chi connectivity index (χ1) is 16.7. The summed E-state index contributed by atoms with van der Waals surface area (Å²) >= 11 is 0. The molecule has 0 saturated carbocycles. The van der Waals surface area contributed by atoms with E-state index in [-0.39, 0.29) is 24.9 Å². The summed E-state index contributed by atoms with van der Waals surface area (Å²) in [5.74, 6) is 0.121. The highest BCUT2D eigenvalue weighted by molar-refractivity contribution is 5.97. The summed E-state index contributed by atoms with van der Waals surface area (Å²) in [5, 5.41) is 10.7. The Kier molecular flexibility index (Phi) is 8.45. The molecule has 2 amide bonds. The average molecular weight is 474 g/mol. The monoisotopic (exact) mass is 473 g/mol. The van der Waals surface area contributed by atoms with Crippen LogP contribution in [0.15, 0.2) is 72.8 Å². The number of nitrogens with one attached hydrogen (secondary N) is 2. The van der Waals surface area contributed by atoms with Crippen LogP contribution in [0.5, 0.6) is 5.75 Å². The molecule has 8 nitrogen and oxygen atoms in total. The smallest absolute Gasteiger partial charge is 0.255 e. The first-order valence-corrected chi connectivity index (χ1v) is 11.3. The van der Waals surface area contributed by atoms with Crippen LogP contribution in [0.1, 0.15) is 36.5 Å². The second-order valence-electron chi connectivity index (χ2n) is 8.55. The quantitative estimate of drug-likeness (QED) is 0.249. The van der Waals surface area contributed by atoms with Crippen LogP contribution in [0.2, 0.25) is 0 Å². The van der Waals surface area contributed by atoms with Crippen molar-refractivity contribution in [3.63, 3.8) is 0 Å². The van der Waals surface area contributed by atoms with Gasteiger partial charge >= 0.3 is 0 Å². The Bertz CT molecular complexity index is 1190. The molecule has 3 aromatic carbocycles. The molecular formula is C27H31N5O3. The molecule has 182 valence electrons. The lowest BCUT2D eigenvalue weighted by Gasteiger charge is -2.25. The summed E-state index contributed by atoms with van der Waals surface area (Å²) in [4.78, 5) is 25.9. The van der Waals surface area contributed by atoms with Crippen LogP contribution in [0, 0.1) is 5.41 Å². The van der Waals surface area contributed by atoms with Gasteiger partial charge in [0.15, 0.2) is 6.61 Å². The Labute approximate surface area is 205 Å². The van der Waals surface area contributed by atoms with E-state index in [0.29, 0.717) is 23.8 Å². The Morgan fingerprint density at radius 3 is 2.37 bits per heavy atom. The van der Waals surface area contributed by atoms with Gasteiger partial charge in [-0.2, -0.15) is 0 Å². The van der Waals surface area contributed by atoms with Gasteiger partial charge in [-0.1, -0.05) is 50.2 Å². The Hall–Kier alpha value is -4.33. The largest absolute Gasteiger partial charge is 0.484 e. The van der Waals surface area contributed by atoms with E-state index in [2.05, 4.69) is 19.2 Å². The number of carbonyl (C=O) groups is 2. The molecule has 0 unspecified atom stereocenters.